The van der Waals surface area contributed by atoms with E-state index in [4.69, 9.17) is 14.2 Å². The maximum atomic E-state index is 13.1. The maximum Gasteiger partial charge on any atom is 0.264 e. The van der Waals surface area contributed by atoms with E-state index in [1.54, 1.807) is 18.2 Å². The lowest BCUT2D eigenvalue weighted by Gasteiger charge is -2.27. The highest BCUT2D eigenvalue weighted by atomic mass is 16.5. The van der Waals surface area contributed by atoms with Gasteiger partial charge < -0.3 is 19.5 Å². The van der Waals surface area contributed by atoms with Crippen LogP contribution in [0.15, 0.2) is 18.2 Å². The Kier molecular flexibility index (Phi) is 14.8. The maximum absolute atomic E-state index is 13.1. The summed E-state index contributed by atoms with van der Waals surface area (Å²) in [4.78, 5) is 50.7. The number of benzene rings is 1. The summed E-state index contributed by atoms with van der Waals surface area (Å²) in [6, 6.07) is 3.99. The molecule has 2 aliphatic heterocycles. The molecule has 0 saturated carbocycles. The van der Waals surface area contributed by atoms with E-state index in [0.717, 1.165) is 17.9 Å². The first-order chi connectivity index (χ1) is 20.0. The zero-order valence-electron chi connectivity index (χ0n) is 24.5. The fourth-order valence-corrected chi connectivity index (χ4v) is 5.15. The van der Waals surface area contributed by atoms with Gasteiger partial charge in [-0.25, -0.2) is 0 Å². The Morgan fingerprint density at radius 3 is 2.05 bits per heavy atom. The van der Waals surface area contributed by atoms with Crippen LogP contribution >= 0.6 is 0 Å². The Morgan fingerprint density at radius 2 is 1.39 bits per heavy atom. The molecule has 0 spiro atoms. The van der Waals surface area contributed by atoms with Crippen LogP contribution in [0.1, 0.15) is 105 Å². The third-order valence-electron chi connectivity index (χ3n) is 7.42. The Hall–Kier alpha value is -2.82. The van der Waals surface area contributed by atoms with Crippen molar-refractivity contribution in [2.75, 3.05) is 51.5 Å². The van der Waals surface area contributed by atoms with Crippen molar-refractivity contribution in [1.29, 1.82) is 0 Å². The lowest BCUT2D eigenvalue weighted by Crippen LogP contribution is -2.54. The summed E-state index contributed by atoms with van der Waals surface area (Å²) < 4.78 is 16.8. The summed E-state index contributed by atoms with van der Waals surface area (Å²) in [5.41, 5.74) is 0.993. The predicted molar refractivity (Wildman–Crippen MR) is 156 cm³/mol. The second-order valence-electron chi connectivity index (χ2n) is 10.6. The number of ether oxygens (including phenoxy) is 3. The van der Waals surface area contributed by atoms with E-state index in [9.17, 15) is 19.2 Å². The van der Waals surface area contributed by atoms with Gasteiger partial charge in [0.05, 0.1) is 44.2 Å². The quantitative estimate of drug-likeness (QED) is 0.154. The van der Waals surface area contributed by atoms with Gasteiger partial charge in [-0.1, -0.05) is 70.8 Å². The molecule has 41 heavy (non-hydrogen) atoms. The van der Waals surface area contributed by atoms with Crippen molar-refractivity contribution in [3.05, 3.63) is 29.3 Å². The van der Waals surface area contributed by atoms with Crippen LogP contribution in [0.25, 0.3) is 0 Å². The molecule has 1 atom stereocenters. The molecule has 0 bridgehead atoms. The molecule has 2 N–H and O–H groups in total. The predicted octanol–water partition coefficient (Wildman–Crippen LogP) is 4.47. The van der Waals surface area contributed by atoms with Gasteiger partial charge in [0.2, 0.25) is 11.8 Å². The average molecular weight is 574 g/mol. The minimum Gasteiger partial charge on any atom is -0.382 e. The summed E-state index contributed by atoms with van der Waals surface area (Å²) in [5, 5.41) is 5.36. The minimum atomic E-state index is -0.985. The molecule has 0 aromatic heterocycles. The molecule has 10 heteroatoms. The van der Waals surface area contributed by atoms with Crippen molar-refractivity contribution in [3.8, 4) is 0 Å². The third-order valence-corrected chi connectivity index (χ3v) is 7.42. The summed E-state index contributed by atoms with van der Waals surface area (Å²) in [7, 11) is 0. The van der Waals surface area contributed by atoms with Crippen molar-refractivity contribution in [1.82, 2.24) is 10.2 Å². The van der Waals surface area contributed by atoms with E-state index >= 15 is 0 Å². The van der Waals surface area contributed by atoms with Gasteiger partial charge in [0, 0.05) is 25.3 Å². The lowest BCUT2D eigenvalue weighted by molar-refractivity contribution is -0.136. The molecule has 4 amide bonds. The molecular weight excluding hydrogens is 526 g/mol. The number of piperidine rings is 1. The van der Waals surface area contributed by atoms with Gasteiger partial charge in [0.15, 0.2) is 0 Å². The smallest absolute Gasteiger partial charge is 0.264 e. The van der Waals surface area contributed by atoms with Crippen molar-refractivity contribution < 1.29 is 33.4 Å². The average Bonchev–Trinajstić information content (AvgIpc) is 3.22. The number of fused-ring (bicyclic) bond motifs is 1. The number of carbonyl (C=O) groups is 4. The van der Waals surface area contributed by atoms with Crippen molar-refractivity contribution in [2.24, 2.45) is 0 Å². The molecular formula is C31H47N3O7. The van der Waals surface area contributed by atoms with Crippen LogP contribution in [-0.2, 0) is 23.8 Å². The Morgan fingerprint density at radius 1 is 0.780 bits per heavy atom. The second kappa shape index (κ2) is 18.6. The summed E-state index contributed by atoms with van der Waals surface area (Å²) in [6.45, 7) is 5.88. The van der Waals surface area contributed by atoms with Crippen LogP contribution in [0.4, 0.5) is 5.69 Å². The number of carbonyl (C=O) groups excluding carboxylic acids is 4. The van der Waals surface area contributed by atoms with Crippen LogP contribution in [0.5, 0.6) is 0 Å². The number of amides is 4. The fraction of sp³-hybridized carbons (Fsp3) is 0.677. The molecule has 10 nitrogen and oxygen atoms in total. The van der Waals surface area contributed by atoms with Gasteiger partial charge >= 0.3 is 0 Å². The van der Waals surface area contributed by atoms with Crippen LogP contribution < -0.4 is 10.6 Å². The fourth-order valence-electron chi connectivity index (χ4n) is 5.15. The number of imide groups is 2. The highest BCUT2D eigenvalue weighted by molar-refractivity contribution is 6.25. The number of unbranched alkanes of at least 4 members (excludes halogenated alkanes) is 9. The largest absolute Gasteiger partial charge is 0.382 e. The van der Waals surface area contributed by atoms with Crippen molar-refractivity contribution in [2.45, 2.75) is 90.0 Å². The summed E-state index contributed by atoms with van der Waals surface area (Å²) >= 11 is 0. The summed E-state index contributed by atoms with van der Waals surface area (Å²) in [6.07, 6.45) is 13.3. The van der Waals surface area contributed by atoms with Gasteiger partial charge in [0.1, 0.15) is 6.04 Å². The number of nitrogens with one attached hydrogen (secondary N) is 2. The van der Waals surface area contributed by atoms with Crippen molar-refractivity contribution in [3.63, 3.8) is 0 Å². The van der Waals surface area contributed by atoms with Gasteiger partial charge in [-0.05, 0) is 25.0 Å². The van der Waals surface area contributed by atoms with Gasteiger partial charge in [0.25, 0.3) is 11.8 Å². The van der Waals surface area contributed by atoms with Gasteiger partial charge in [-0.15, -0.1) is 0 Å². The second-order valence-corrected chi connectivity index (χ2v) is 10.6. The summed E-state index contributed by atoms with van der Waals surface area (Å²) in [5.74, 6) is -2.08. The van der Waals surface area contributed by atoms with E-state index in [2.05, 4.69) is 17.6 Å². The highest BCUT2D eigenvalue weighted by Crippen LogP contribution is 2.32. The molecule has 2 heterocycles. The van der Waals surface area contributed by atoms with Crippen LogP contribution in [-0.4, -0.2) is 80.8 Å². The normalized spacial score (nSPS) is 16.8. The molecule has 2 aliphatic rings. The first kappa shape index (κ1) is 32.7. The molecule has 1 aromatic carbocycles. The number of anilines is 1. The molecule has 1 saturated heterocycles. The zero-order chi connectivity index (χ0) is 29.3. The lowest BCUT2D eigenvalue weighted by atomic mass is 10.0. The van der Waals surface area contributed by atoms with E-state index < -0.39 is 29.7 Å². The zero-order valence-corrected chi connectivity index (χ0v) is 24.5. The van der Waals surface area contributed by atoms with E-state index in [-0.39, 0.29) is 24.0 Å². The van der Waals surface area contributed by atoms with Crippen LogP contribution in [0, 0.1) is 0 Å². The highest BCUT2D eigenvalue weighted by Gasteiger charge is 2.45. The molecule has 1 fully saturated rings. The van der Waals surface area contributed by atoms with E-state index in [1.807, 2.05) is 0 Å². The van der Waals surface area contributed by atoms with Crippen LogP contribution in [0.2, 0.25) is 0 Å². The first-order valence-corrected chi connectivity index (χ1v) is 15.4. The number of nitrogens with zero attached hydrogens (tertiary/aromatic N) is 1. The molecule has 0 aliphatic carbocycles. The third kappa shape index (κ3) is 10.5. The SMILES string of the molecule is CCCCCCCCCCCCOCCOCCOCCNc1cccc2c1C(=O)N(C1CCC(=O)NC1=O)C2=O. The first-order valence-electron chi connectivity index (χ1n) is 15.4. The molecule has 1 unspecified atom stereocenters. The Bertz CT molecular complexity index is 1000. The number of hydrogen-bond acceptors (Lipinski definition) is 8. The van der Waals surface area contributed by atoms with E-state index in [1.165, 1.54) is 57.8 Å². The topological polar surface area (TPSA) is 123 Å². The van der Waals surface area contributed by atoms with Crippen molar-refractivity contribution >= 4 is 29.3 Å². The Balaban J connectivity index is 1.19. The standard InChI is InChI=1S/C31H47N3O7/c1-2-3-4-5-6-7-8-9-10-11-18-39-20-22-41-23-21-40-19-17-32-25-14-12-13-24-28(25)31(38)34(30(24)37)26-15-16-27(35)33-29(26)36/h12-14,26,32H,2-11,15-23H2,1H3,(H,33,35,36). The number of hydrogen-bond donors (Lipinski definition) is 2. The van der Waals surface area contributed by atoms with Gasteiger partial charge in [-0.2, -0.15) is 0 Å². The molecule has 0 radical (unpaired) electrons. The molecule has 228 valence electrons. The molecule has 1 aromatic rings. The Labute approximate surface area is 243 Å². The van der Waals surface area contributed by atoms with Gasteiger partial charge in [-0.3, -0.25) is 29.4 Å². The number of rotatable bonds is 22. The van der Waals surface area contributed by atoms with E-state index in [0.29, 0.717) is 45.3 Å². The molecule has 3 rings (SSSR count). The van der Waals surface area contributed by atoms with Crippen LogP contribution in [0.3, 0.4) is 0 Å². The minimum absolute atomic E-state index is 0.0857. The monoisotopic (exact) mass is 573 g/mol.